The summed E-state index contributed by atoms with van der Waals surface area (Å²) in [6.07, 6.45) is 2.96. The molecule has 2 amide bonds. The van der Waals surface area contributed by atoms with Crippen LogP contribution in [0.1, 0.15) is 18.4 Å². The minimum absolute atomic E-state index is 0.0554. The molecule has 0 aliphatic carbocycles. The smallest absolute Gasteiger partial charge is 0.329 e. The zero-order valence-corrected chi connectivity index (χ0v) is 12.2. The molecule has 23 heavy (non-hydrogen) atoms. The van der Waals surface area contributed by atoms with Gasteiger partial charge in [-0.2, -0.15) is 5.10 Å². The van der Waals surface area contributed by atoms with Gasteiger partial charge in [-0.05, 0) is 12.8 Å². The third-order valence-corrected chi connectivity index (χ3v) is 3.18. The lowest BCUT2D eigenvalue weighted by Crippen LogP contribution is -2.41. The fourth-order valence-corrected chi connectivity index (χ4v) is 2.03. The van der Waals surface area contributed by atoms with E-state index in [1.165, 1.54) is 24.4 Å². The SMILES string of the molecule is O=C(NC[C@@H]1CCCO1)C(=O)N/N=C\c1cccc([N+](=O)[O-])c1. The predicted molar refractivity (Wildman–Crippen MR) is 80.8 cm³/mol. The number of nitro groups is 1. The van der Waals surface area contributed by atoms with E-state index in [1.54, 1.807) is 6.07 Å². The van der Waals surface area contributed by atoms with Crippen molar-refractivity contribution in [2.75, 3.05) is 13.2 Å². The van der Waals surface area contributed by atoms with Gasteiger partial charge in [-0.3, -0.25) is 19.7 Å². The van der Waals surface area contributed by atoms with E-state index in [0.717, 1.165) is 12.8 Å². The number of hydrogen-bond donors (Lipinski definition) is 2. The van der Waals surface area contributed by atoms with E-state index in [2.05, 4.69) is 15.8 Å². The summed E-state index contributed by atoms with van der Waals surface area (Å²) < 4.78 is 5.32. The van der Waals surface area contributed by atoms with Crippen LogP contribution >= 0.6 is 0 Å². The standard InChI is InChI=1S/C14H16N4O5/c19-13(15-9-12-5-2-6-23-12)14(20)17-16-8-10-3-1-4-11(7-10)18(21)22/h1,3-4,7-8,12H,2,5-6,9H2,(H,15,19)(H,17,20)/b16-8-/t12-/m0/s1. The quantitative estimate of drug-likeness (QED) is 0.350. The van der Waals surface area contributed by atoms with Gasteiger partial charge in [-0.25, -0.2) is 5.43 Å². The molecule has 1 aromatic carbocycles. The van der Waals surface area contributed by atoms with Gasteiger partial charge in [0.05, 0.1) is 17.2 Å². The Labute approximate surface area is 131 Å². The van der Waals surface area contributed by atoms with Crippen LogP contribution in [0.5, 0.6) is 0 Å². The van der Waals surface area contributed by atoms with Crippen LogP contribution in [0.3, 0.4) is 0 Å². The van der Waals surface area contributed by atoms with Crippen molar-refractivity contribution in [2.24, 2.45) is 5.10 Å². The van der Waals surface area contributed by atoms with Crippen molar-refractivity contribution in [3.05, 3.63) is 39.9 Å². The Balaban J connectivity index is 1.79. The number of hydrogen-bond acceptors (Lipinski definition) is 6. The molecule has 2 rings (SSSR count). The minimum Gasteiger partial charge on any atom is -0.376 e. The first-order valence-corrected chi connectivity index (χ1v) is 7.03. The number of non-ortho nitro benzene ring substituents is 1. The van der Waals surface area contributed by atoms with Gasteiger partial charge in [0.15, 0.2) is 0 Å². The summed E-state index contributed by atoms with van der Waals surface area (Å²) in [6, 6.07) is 5.72. The van der Waals surface area contributed by atoms with Crippen molar-refractivity contribution in [1.29, 1.82) is 0 Å². The first-order valence-electron chi connectivity index (χ1n) is 7.03. The largest absolute Gasteiger partial charge is 0.376 e. The van der Waals surface area contributed by atoms with Gasteiger partial charge in [0, 0.05) is 30.8 Å². The number of rotatable bonds is 5. The summed E-state index contributed by atoms with van der Waals surface area (Å²) in [4.78, 5) is 33.2. The zero-order valence-electron chi connectivity index (χ0n) is 12.2. The average molecular weight is 320 g/mol. The highest BCUT2D eigenvalue weighted by molar-refractivity contribution is 6.35. The van der Waals surface area contributed by atoms with Crippen LogP contribution in [0.2, 0.25) is 0 Å². The first kappa shape index (κ1) is 16.6. The summed E-state index contributed by atoms with van der Waals surface area (Å²) in [5.74, 6) is -1.72. The number of ether oxygens (including phenoxy) is 1. The van der Waals surface area contributed by atoms with Crippen LogP contribution < -0.4 is 10.7 Å². The number of amides is 2. The molecule has 0 unspecified atom stereocenters. The van der Waals surface area contributed by atoms with E-state index in [-0.39, 0.29) is 18.3 Å². The molecule has 2 N–H and O–H groups in total. The van der Waals surface area contributed by atoms with Gasteiger partial charge in [0.1, 0.15) is 0 Å². The topological polar surface area (TPSA) is 123 Å². The van der Waals surface area contributed by atoms with Crippen LogP contribution in [0.25, 0.3) is 0 Å². The van der Waals surface area contributed by atoms with Crippen molar-refractivity contribution in [2.45, 2.75) is 18.9 Å². The molecular formula is C14H16N4O5. The summed E-state index contributed by atoms with van der Waals surface area (Å²) in [7, 11) is 0. The number of carbonyl (C=O) groups excluding carboxylic acids is 2. The molecule has 9 nitrogen and oxygen atoms in total. The van der Waals surface area contributed by atoms with Gasteiger partial charge in [-0.15, -0.1) is 0 Å². The number of nitrogens with one attached hydrogen (secondary N) is 2. The van der Waals surface area contributed by atoms with Gasteiger partial charge < -0.3 is 10.1 Å². The van der Waals surface area contributed by atoms with E-state index >= 15 is 0 Å². The Morgan fingerprint density at radius 3 is 2.96 bits per heavy atom. The van der Waals surface area contributed by atoms with E-state index in [9.17, 15) is 19.7 Å². The fraction of sp³-hybridized carbons (Fsp3) is 0.357. The molecule has 1 saturated heterocycles. The molecule has 0 saturated carbocycles. The third-order valence-electron chi connectivity index (χ3n) is 3.18. The summed E-state index contributed by atoms with van der Waals surface area (Å²) in [5.41, 5.74) is 2.40. The molecular weight excluding hydrogens is 304 g/mol. The third kappa shape index (κ3) is 5.15. The molecule has 1 fully saturated rings. The Morgan fingerprint density at radius 1 is 1.43 bits per heavy atom. The maximum absolute atomic E-state index is 11.5. The monoisotopic (exact) mass is 320 g/mol. The molecule has 1 aromatic rings. The van der Waals surface area contributed by atoms with Crippen molar-refractivity contribution in [1.82, 2.24) is 10.7 Å². The summed E-state index contributed by atoms with van der Waals surface area (Å²) in [6.45, 7) is 0.946. The normalized spacial score (nSPS) is 17.1. The van der Waals surface area contributed by atoms with Gasteiger partial charge >= 0.3 is 11.8 Å². The van der Waals surface area contributed by atoms with Gasteiger partial charge in [0.25, 0.3) is 5.69 Å². The molecule has 1 atom stereocenters. The fourth-order valence-electron chi connectivity index (χ4n) is 2.03. The lowest BCUT2D eigenvalue weighted by Gasteiger charge is -2.09. The molecule has 1 aliphatic heterocycles. The molecule has 0 aromatic heterocycles. The van der Waals surface area contributed by atoms with E-state index in [4.69, 9.17) is 4.74 Å². The Hall–Kier alpha value is -2.81. The highest BCUT2D eigenvalue weighted by Gasteiger charge is 2.18. The lowest BCUT2D eigenvalue weighted by molar-refractivity contribution is -0.384. The Bertz CT molecular complexity index is 625. The van der Waals surface area contributed by atoms with Crippen LogP contribution in [0.15, 0.2) is 29.4 Å². The minimum atomic E-state index is -0.912. The number of hydrazone groups is 1. The predicted octanol–water partition coefficient (Wildman–Crippen LogP) is 0.340. The molecule has 1 heterocycles. The van der Waals surface area contributed by atoms with E-state index < -0.39 is 16.7 Å². The van der Waals surface area contributed by atoms with Crippen molar-refractivity contribution in [3.8, 4) is 0 Å². The molecule has 0 spiro atoms. The zero-order chi connectivity index (χ0) is 16.7. The maximum atomic E-state index is 11.5. The highest BCUT2D eigenvalue weighted by atomic mass is 16.6. The second-order valence-corrected chi connectivity index (χ2v) is 4.90. The van der Waals surface area contributed by atoms with Gasteiger partial charge in [0.2, 0.25) is 0 Å². The van der Waals surface area contributed by atoms with E-state index in [1.807, 2.05) is 0 Å². The Morgan fingerprint density at radius 2 is 2.26 bits per heavy atom. The molecule has 9 heteroatoms. The Kier molecular flexibility index (Phi) is 5.75. The first-order chi connectivity index (χ1) is 11.1. The number of carbonyl (C=O) groups is 2. The highest BCUT2D eigenvalue weighted by Crippen LogP contribution is 2.11. The van der Waals surface area contributed by atoms with E-state index in [0.29, 0.717) is 12.2 Å². The van der Waals surface area contributed by atoms with Crippen molar-refractivity contribution >= 4 is 23.7 Å². The van der Waals surface area contributed by atoms with Crippen LogP contribution in [0.4, 0.5) is 5.69 Å². The molecule has 0 radical (unpaired) electrons. The van der Waals surface area contributed by atoms with Crippen molar-refractivity contribution < 1.29 is 19.2 Å². The van der Waals surface area contributed by atoms with Crippen LogP contribution in [-0.2, 0) is 14.3 Å². The number of nitro benzene ring substituents is 1. The van der Waals surface area contributed by atoms with Gasteiger partial charge in [-0.1, -0.05) is 12.1 Å². The maximum Gasteiger partial charge on any atom is 0.329 e. The van der Waals surface area contributed by atoms with Crippen molar-refractivity contribution in [3.63, 3.8) is 0 Å². The molecule has 122 valence electrons. The van der Waals surface area contributed by atoms with Crippen LogP contribution in [0, 0.1) is 10.1 Å². The second kappa shape index (κ2) is 7.99. The number of nitrogens with zero attached hydrogens (tertiary/aromatic N) is 2. The molecule has 1 aliphatic rings. The lowest BCUT2D eigenvalue weighted by atomic mass is 10.2. The van der Waals surface area contributed by atoms with Crippen LogP contribution in [-0.4, -0.2) is 42.2 Å². The summed E-state index contributed by atoms with van der Waals surface area (Å²) >= 11 is 0. The summed E-state index contributed by atoms with van der Waals surface area (Å²) in [5, 5.41) is 16.7. The molecule has 0 bridgehead atoms. The average Bonchev–Trinajstić information content (AvgIpc) is 3.06. The second-order valence-electron chi connectivity index (χ2n) is 4.90. The number of benzene rings is 1.